The summed E-state index contributed by atoms with van der Waals surface area (Å²) in [4.78, 5) is 4.80. The Morgan fingerprint density at radius 3 is 2.50 bits per heavy atom. The lowest BCUT2D eigenvalue weighted by molar-refractivity contribution is 0.369. The number of aliphatic imine (C=N–C) groups is 1. The van der Waals surface area contributed by atoms with Crippen molar-refractivity contribution in [2.75, 3.05) is 12.3 Å². The quantitative estimate of drug-likeness (QED) is 0.818. The van der Waals surface area contributed by atoms with Crippen LogP contribution in [0.3, 0.4) is 0 Å². The van der Waals surface area contributed by atoms with Gasteiger partial charge in [-0.05, 0) is 44.4 Å². The minimum absolute atomic E-state index is 0.235. The molecule has 1 saturated heterocycles. The predicted octanol–water partition coefficient (Wildman–Crippen LogP) is 3.28. The van der Waals surface area contributed by atoms with E-state index in [9.17, 15) is 0 Å². The van der Waals surface area contributed by atoms with Gasteiger partial charge in [0.1, 0.15) is 0 Å². The third-order valence-electron chi connectivity index (χ3n) is 4.07. The first-order valence-electron chi connectivity index (χ1n) is 6.39. The van der Waals surface area contributed by atoms with Gasteiger partial charge in [0.2, 0.25) is 0 Å². The molecule has 1 aliphatic heterocycles. The number of nitrogens with one attached hydrogen (secondary N) is 1. The van der Waals surface area contributed by atoms with Gasteiger partial charge in [-0.1, -0.05) is 25.6 Å². The van der Waals surface area contributed by atoms with Crippen LogP contribution in [0, 0.1) is 11.3 Å². The molecule has 1 saturated carbocycles. The monoisotopic (exact) mass is 240 g/mol. The fourth-order valence-electron chi connectivity index (χ4n) is 2.18. The predicted molar refractivity (Wildman–Crippen MR) is 73.1 cm³/mol. The Morgan fingerprint density at radius 2 is 2.00 bits per heavy atom. The Morgan fingerprint density at radius 1 is 1.31 bits per heavy atom. The summed E-state index contributed by atoms with van der Waals surface area (Å²) in [5, 5.41) is 4.71. The average Bonchev–Trinajstić information content (AvgIpc) is 2.94. The number of amidine groups is 1. The van der Waals surface area contributed by atoms with Crippen molar-refractivity contribution in [3.63, 3.8) is 0 Å². The zero-order valence-corrected chi connectivity index (χ0v) is 11.8. The van der Waals surface area contributed by atoms with Crippen LogP contribution >= 0.6 is 11.8 Å². The number of thioether (sulfide) groups is 1. The Kier molecular flexibility index (Phi) is 3.26. The van der Waals surface area contributed by atoms with Crippen molar-refractivity contribution in [2.24, 2.45) is 16.3 Å². The molecule has 1 N–H and O–H groups in total. The van der Waals surface area contributed by atoms with E-state index < -0.39 is 0 Å². The second-order valence-electron chi connectivity index (χ2n) is 6.25. The van der Waals surface area contributed by atoms with Crippen LogP contribution < -0.4 is 5.32 Å². The van der Waals surface area contributed by atoms with Gasteiger partial charge in [0.05, 0.1) is 0 Å². The molecule has 0 aromatic rings. The third kappa shape index (κ3) is 2.73. The highest BCUT2D eigenvalue weighted by Gasteiger charge is 2.45. The molecule has 2 rings (SSSR count). The summed E-state index contributed by atoms with van der Waals surface area (Å²) >= 11 is 1.88. The maximum atomic E-state index is 4.80. The lowest BCUT2D eigenvalue weighted by Gasteiger charge is -2.32. The summed E-state index contributed by atoms with van der Waals surface area (Å²) in [5.41, 5.74) is 0.773. The van der Waals surface area contributed by atoms with E-state index in [4.69, 9.17) is 4.99 Å². The molecule has 0 atom stereocenters. The SMILES string of the molecule is CC(C)C1(CN=C2NC(C)(C)CCS2)CC1. The van der Waals surface area contributed by atoms with Crippen LogP contribution in [0.2, 0.25) is 0 Å². The molecular weight excluding hydrogens is 216 g/mol. The van der Waals surface area contributed by atoms with Gasteiger partial charge >= 0.3 is 0 Å². The molecular formula is C13H24N2S. The lowest BCUT2D eigenvalue weighted by atomic mass is 9.93. The largest absolute Gasteiger partial charge is 0.360 e. The molecule has 16 heavy (non-hydrogen) atoms. The van der Waals surface area contributed by atoms with E-state index >= 15 is 0 Å². The van der Waals surface area contributed by atoms with Gasteiger partial charge in [-0.25, -0.2) is 0 Å². The van der Waals surface area contributed by atoms with Crippen LogP contribution in [0.25, 0.3) is 0 Å². The van der Waals surface area contributed by atoms with Crippen LogP contribution in [0.4, 0.5) is 0 Å². The van der Waals surface area contributed by atoms with Crippen molar-refractivity contribution in [1.82, 2.24) is 5.32 Å². The molecule has 0 amide bonds. The van der Waals surface area contributed by atoms with Crippen molar-refractivity contribution in [2.45, 2.75) is 52.5 Å². The first-order chi connectivity index (χ1) is 7.44. The van der Waals surface area contributed by atoms with Crippen LogP contribution in [0.1, 0.15) is 47.0 Å². The number of rotatable bonds is 3. The van der Waals surface area contributed by atoms with E-state index in [1.807, 2.05) is 11.8 Å². The highest BCUT2D eigenvalue weighted by atomic mass is 32.2. The maximum Gasteiger partial charge on any atom is 0.156 e. The van der Waals surface area contributed by atoms with Crippen molar-refractivity contribution in [3.05, 3.63) is 0 Å². The smallest absolute Gasteiger partial charge is 0.156 e. The van der Waals surface area contributed by atoms with Crippen molar-refractivity contribution in [1.29, 1.82) is 0 Å². The van der Waals surface area contributed by atoms with Gasteiger partial charge in [0.25, 0.3) is 0 Å². The highest BCUT2D eigenvalue weighted by Crippen LogP contribution is 2.52. The Balaban J connectivity index is 1.92. The minimum Gasteiger partial charge on any atom is -0.360 e. The minimum atomic E-state index is 0.235. The number of hydrogen-bond acceptors (Lipinski definition) is 2. The fraction of sp³-hybridized carbons (Fsp3) is 0.923. The number of hydrogen-bond donors (Lipinski definition) is 1. The maximum absolute atomic E-state index is 4.80. The molecule has 1 heterocycles. The fourth-order valence-corrected chi connectivity index (χ4v) is 3.49. The van der Waals surface area contributed by atoms with Crippen LogP contribution in [0.5, 0.6) is 0 Å². The Hall–Kier alpha value is -0.180. The molecule has 2 aliphatic rings. The van der Waals surface area contributed by atoms with E-state index in [2.05, 4.69) is 33.0 Å². The van der Waals surface area contributed by atoms with E-state index in [1.165, 1.54) is 30.2 Å². The Bertz CT molecular complexity index is 290. The van der Waals surface area contributed by atoms with Crippen LogP contribution in [-0.4, -0.2) is 23.0 Å². The van der Waals surface area contributed by atoms with Crippen LogP contribution in [0.15, 0.2) is 4.99 Å². The average molecular weight is 240 g/mol. The second-order valence-corrected chi connectivity index (χ2v) is 7.33. The summed E-state index contributed by atoms with van der Waals surface area (Å²) in [6, 6.07) is 0. The molecule has 0 aromatic carbocycles. The first kappa shape index (κ1) is 12.3. The van der Waals surface area contributed by atoms with E-state index in [0.717, 1.165) is 12.5 Å². The van der Waals surface area contributed by atoms with Gasteiger partial charge in [-0.3, -0.25) is 4.99 Å². The highest BCUT2D eigenvalue weighted by molar-refractivity contribution is 8.13. The molecule has 0 unspecified atom stereocenters. The topological polar surface area (TPSA) is 24.4 Å². The number of nitrogens with zero attached hydrogens (tertiary/aromatic N) is 1. The molecule has 0 spiro atoms. The van der Waals surface area contributed by atoms with Gasteiger partial charge < -0.3 is 5.32 Å². The Labute approximate surface area is 104 Å². The van der Waals surface area contributed by atoms with Crippen molar-refractivity contribution in [3.8, 4) is 0 Å². The van der Waals surface area contributed by atoms with Crippen molar-refractivity contribution < 1.29 is 0 Å². The van der Waals surface area contributed by atoms with E-state index in [1.54, 1.807) is 0 Å². The zero-order chi connectivity index (χ0) is 11.8. The molecule has 2 fully saturated rings. The van der Waals surface area contributed by atoms with Crippen LogP contribution in [-0.2, 0) is 0 Å². The second kappa shape index (κ2) is 4.25. The summed E-state index contributed by atoms with van der Waals surface area (Å²) in [5.74, 6) is 1.98. The molecule has 0 bridgehead atoms. The summed E-state index contributed by atoms with van der Waals surface area (Å²) in [6.45, 7) is 10.2. The van der Waals surface area contributed by atoms with E-state index in [0.29, 0.717) is 5.41 Å². The third-order valence-corrected chi connectivity index (χ3v) is 4.98. The van der Waals surface area contributed by atoms with Gasteiger partial charge in [0.15, 0.2) is 5.17 Å². The standard InChI is InChI=1S/C13H24N2S/c1-10(2)13(5-6-13)9-14-11-15-12(3,4)7-8-16-11/h10H,5-9H2,1-4H3,(H,14,15). The van der Waals surface area contributed by atoms with Gasteiger partial charge in [-0.15, -0.1) is 0 Å². The first-order valence-corrected chi connectivity index (χ1v) is 7.38. The summed E-state index contributed by atoms with van der Waals surface area (Å²) in [6.07, 6.45) is 3.97. The van der Waals surface area contributed by atoms with Crippen molar-refractivity contribution >= 4 is 16.9 Å². The zero-order valence-electron chi connectivity index (χ0n) is 11.0. The van der Waals surface area contributed by atoms with Gasteiger partial charge in [-0.2, -0.15) is 0 Å². The molecule has 92 valence electrons. The molecule has 1 aliphatic carbocycles. The lowest BCUT2D eigenvalue weighted by Crippen LogP contribution is -2.46. The molecule has 0 aromatic heterocycles. The van der Waals surface area contributed by atoms with Gasteiger partial charge in [0, 0.05) is 17.8 Å². The normalized spacial score (nSPS) is 29.2. The molecule has 0 radical (unpaired) electrons. The molecule has 3 heteroatoms. The molecule has 2 nitrogen and oxygen atoms in total. The summed E-state index contributed by atoms with van der Waals surface area (Å²) in [7, 11) is 0. The van der Waals surface area contributed by atoms with E-state index in [-0.39, 0.29) is 5.54 Å². The summed E-state index contributed by atoms with van der Waals surface area (Å²) < 4.78 is 0.